The number of para-hydroxylation sites is 1. The van der Waals surface area contributed by atoms with E-state index in [2.05, 4.69) is 10.3 Å². The van der Waals surface area contributed by atoms with Crippen molar-refractivity contribution in [3.8, 4) is 5.75 Å². The number of aromatic nitrogens is 3. The number of aryl methyl sites for hydroxylation is 1. The van der Waals surface area contributed by atoms with Gasteiger partial charge >= 0.3 is 0 Å². The summed E-state index contributed by atoms with van der Waals surface area (Å²) in [6, 6.07) is 14.2. The van der Waals surface area contributed by atoms with E-state index >= 15 is 0 Å². The normalized spacial score (nSPS) is 15.4. The molecule has 3 aromatic rings. The second-order valence-corrected chi connectivity index (χ2v) is 9.02. The summed E-state index contributed by atoms with van der Waals surface area (Å²) < 4.78 is 34.2. The third kappa shape index (κ3) is 3.76. The summed E-state index contributed by atoms with van der Waals surface area (Å²) in [5.74, 6) is 0.759. The molecule has 1 aromatic heterocycles. The van der Waals surface area contributed by atoms with Crippen molar-refractivity contribution in [3.63, 3.8) is 0 Å². The topological polar surface area (TPSA) is 77.3 Å². The van der Waals surface area contributed by atoms with Crippen LogP contribution in [0, 0.1) is 6.92 Å². The zero-order valence-corrected chi connectivity index (χ0v) is 16.8. The van der Waals surface area contributed by atoms with E-state index in [0.29, 0.717) is 30.4 Å². The van der Waals surface area contributed by atoms with Crippen LogP contribution in [0.1, 0.15) is 17.3 Å². The summed E-state index contributed by atoms with van der Waals surface area (Å²) in [5.41, 5.74) is 1.53. The maximum Gasteiger partial charge on any atom is 0.243 e. The Hall–Kier alpha value is -2.42. The van der Waals surface area contributed by atoms with Crippen LogP contribution in [-0.4, -0.2) is 40.8 Å². The highest BCUT2D eigenvalue weighted by Crippen LogP contribution is 2.29. The van der Waals surface area contributed by atoms with E-state index in [9.17, 15) is 8.42 Å². The molecule has 9 heteroatoms. The van der Waals surface area contributed by atoms with Gasteiger partial charge in [0.1, 0.15) is 18.1 Å². The van der Waals surface area contributed by atoms with Crippen LogP contribution in [0.4, 0.5) is 0 Å². The summed E-state index contributed by atoms with van der Waals surface area (Å²) in [4.78, 5) is 0.206. The molecule has 0 unspecified atom stereocenters. The minimum absolute atomic E-state index is 0.0475. The van der Waals surface area contributed by atoms with Crippen LogP contribution >= 0.6 is 11.6 Å². The highest BCUT2D eigenvalue weighted by molar-refractivity contribution is 7.89. The lowest BCUT2D eigenvalue weighted by Gasteiger charge is -2.37. The van der Waals surface area contributed by atoms with E-state index in [-0.39, 0.29) is 10.9 Å². The number of benzene rings is 2. The Morgan fingerprint density at radius 1 is 1.18 bits per heavy atom. The smallest absolute Gasteiger partial charge is 0.243 e. The molecule has 28 heavy (non-hydrogen) atoms. The van der Waals surface area contributed by atoms with Gasteiger partial charge in [-0.1, -0.05) is 41.1 Å². The fraction of sp³-hybridized carbons (Fsp3) is 0.263. The van der Waals surface area contributed by atoms with Crippen molar-refractivity contribution in [2.75, 3.05) is 13.1 Å². The fourth-order valence-corrected chi connectivity index (χ4v) is 4.68. The van der Waals surface area contributed by atoms with E-state index in [1.165, 1.54) is 10.4 Å². The molecule has 2 heterocycles. The first-order valence-corrected chi connectivity index (χ1v) is 10.6. The Kier molecular flexibility index (Phi) is 5.09. The van der Waals surface area contributed by atoms with Crippen molar-refractivity contribution in [2.24, 2.45) is 0 Å². The highest BCUT2D eigenvalue weighted by Gasteiger charge is 2.38. The maximum atomic E-state index is 12.7. The van der Waals surface area contributed by atoms with E-state index in [0.717, 1.165) is 11.3 Å². The maximum absolute atomic E-state index is 12.7. The Morgan fingerprint density at radius 3 is 2.64 bits per heavy atom. The zero-order chi connectivity index (χ0) is 19.7. The summed E-state index contributed by atoms with van der Waals surface area (Å²) in [6.07, 6.45) is 1.79. The largest absolute Gasteiger partial charge is 0.487 e. The molecule has 0 atom stereocenters. The Labute approximate surface area is 168 Å². The summed E-state index contributed by atoms with van der Waals surface area (Å²) >= 11 is 6.07. The molecular weight excluding hydrogens is 400 g/mol. The van der Waals surface area contributed by atoms with Crippen LogP contribution in [0.5, 0.6) is 5.75 Å². The van der Waals surface area contributed by atoms with Gasteiger partial charge in [-0.25, -0.2) is 13.1 Å². The van der Waals surface area contributed by atoms with Crippen molar-refractivity contribution in [3.05, 3.63) is 71.0 Å². The molecule has 0 radical (unpaired) electrons. The van der Waals surface area contributed by atoms with Crippen molar-refractivity contribution in [2.45, 2.75) is 24.5 Å². The SMILES string of the molecule is Cc1ccc(S(=O)(=O)N2CC(n3cc(COc4ccccc4)nn3)C2)cc1Cl. The van der Waals surface area contributed by atoms with Gasteiger partial charge in [0.2, 0.25) is 10.0 Å². The molecule has 0 bridgehead atoms. The first-order chi connectivity index (χ1) is 13.4. The van der Waals surface area contributed by atoms with Gasteiger partial charge in [0, 0.05) is 18.1 Å². The Bertz CT molecular complexity index is 1080. The predicted molar refractivity (Wildman–Crippen MR) is 105 cm³/mol. The molecule has 1 aliphatic rings. The molecule has 0 saturated carbocycles. The molecule has 1 fully saturated rings. The quantitative estimate of drug-likeness (QED) is 0.614. The molecule has 0 N–H and O–H groups in total. The van der Waals surface area contributed by atoms with Crippen molar-refractivity contribution in [1.29, 1.82) is 0 Å². The van der Waals surface area contributed by atoms with Gasteiger partial charge in [-0.3, -0.25) is 0 Å². The van der Waals surface area contributed by atoms with E-state index < -0.39 is 10.0 Å². The predicted octanol–water partition coefficient (Wildman–Crippen LogP) is 3.06. The van der Waals surface area contributed by atoms with Crippen molar-refractivity contribution in [1.82, 2.24) is 19.3 Å². The number of rotatable bonds is 6. The Morgan fingerprint density at radius 2 is 1.93 bits per heavy atom. The van der Waals surface area contributed by atoms with Crippen molar-refractivity contribution >= 4 is 21.6 Å². The monoisotopic (exact) mass is 418 g/mol. The summed E-state index contributed by atoms with van der Waals surface area (Å²) in [5, 5.41) is 8.66. The number of ether oxygens (including phenoxy) is 1. The second-order valence-electron chi connectivity index (χ2n) is 6.68. The average Bonchev–Trinajstić information content (AvgIpc) is 3.10. The molecule has 0 spiro atoms. The molecular formula is C19H19ClN4O3S. The average molecular weight is 419 g/mol. The first kappa shape index (κ1) is 18.9. The van der Waals surface area contributed by atoms with Gasteiger partial charge in [-0.2, -0.15) is 4.31 Å². The van der Waals surface area contributed by atoms with Crippen LogP contribution in [0.25, 0.3) is 0 Å². The summed E-state index contributed by atoms with van der Waals surface area (Å²) in [7, 11) is -3.56. The Balaban J connectivity index is 1.37. The molecule has 1 saturated heterocycles. The van der Waals surface area contributed by atoms with Gasteiger partial charge in [-0.05, 0) is 36.8 Å². The van der Waals surface area contributed by atoms with E-state index in [1.807, 2.05) is 37.3 Å². The highest BCUT2D eigenvalue weighted by atomic mass is 35.5. The van der Waals surface area contributed by atoms with Gasteiger partial charge in [0.05, 0.1) is 17.1 Å². The number of hydrogen-bond acceptors (Lipinski definition) is 5. The molecule has 7 nitrogen and oxygen atoms in total. The van der Waals surface area contributed by atoms with Crippen LogP contribution in [-0.2, 0) is 16.6 Å². The second kappa shape index (κ2) is 7.54. The lowest BCUT2D eigenvalue weighted by atomic mass is 10.2. The fourth-order valence-electron chi connectivity index (χ4n) is 2.90. The lowest BCUT2D eigenvalue weighted by molar-refractivity contribution is 0.189. The minimum Gasteiger partial charge on any atom is -0.487 e. The van der Waals surface area contributed by atoms with Crippen LogP contribution in [0.15, 0.2) is 59.6 Å². The van der Waals surface area contributed by atoms with Crippen LogP contribution < -0.4 is 4.74 Å². The van der Waals surface area contributed by atoms with E-state index in [4.69, 9.17) is 16.3 Å². The van der Waals surface area contributed by atoms with Crippen LogP contribution in [0.3, 0.4) is 0 Å². The van der Waals surface area contributed by atoms with Gasteiger partial charge in [0.15, 0.2) is 0 Å². The van der Waals surface area contributed by atoms with Gasteiger partial charge < -0.3 is 4.74 Å². The van der Waals surface area contributed by atoms with Gasteiger partial charge in [-0.15, -0.1) is 5.10 Å². The van der Waals surface area contributed by atoms with Crippen LogP contribution in [0.2, 0.25) is 5.02 Å². The molecule has 0 aliphatic carbocycles. The molecule has 1 aliphatic heterocycles. The number of nitrogens with zero attached hydrogens (tertiary/aromatic N) is 4. The molecule has 2 aromatic carbocycles. The van der Waals surface area contributed by atoms with Gasteiger partial charge in [0.25, 0.3) is 0 Å². The lowest BCUT2D eigenvalue weighted by Crippen LogP contribution is -2.50. The minimum atomic E-state index is -3.56. The standard InChI is InChI=1S/C19H19ClN4O3S/c1-14-7-8-18(9-19(14)20)28(25,26)23-11-16(12-23)24-10-15(21-22-24)13-27-17-5-3-2-4-6-17/h2-10,16H,11-13H2,1H3. The molecule has 146 valence electrons. The number of sulfonamides is 1. The number of hydrogen-bond donors (Lipinski definition) is 0. The summed E-state index contributed by atoms with van der Waals surface area (Å²) in [6.45, 7) is 2.83. The number of halogens is 1. The van der Waals surface area contributed by atoms with Crippen molar-refractivity contribution < 1.29 is 13.2 Å². The zero-order valence-electron chi connectivity index (χ0n) is 15.2. The first-order valence-electron chi connectivity index (χ1n) is 8.78. The molecule has 4 rings (SSSR count). The third-order valence-electron chi connectivity index (χ3n) is 4.67. The van der Waals surface area contributed by atoms with E-state index in [1.54, 1.807) is 23.0 Å². The third-order valence-corrected chi connectivity index (χ3v) is 6.91. The molecule has 0 amide bonds.